The molecule has 0 spiro atoms. The maximum Gasteiger partial charge on any atom is 0.0736 e. The highest BCUT2D eigenvalue weighted by Crippen LogP contribution is 2.24. The molecule has 1 aromatic rings. The molecule has 0 amide bonds. The Morgan fingerprint density at radius 3 is 2.74 bits per heavy atom. The zero-order chi connectivity index (χ0) is 14.1. The molecule has 1 rings (SSSR count). The van der Waals surface area contributed by atoms with Gasteiger partial charge in [-0.15, -0.1) is 0 Å². The number of hydrogen-bond acceptors (Lipinski definition) is 3. The van der Waals surface area contributed by atoms with Crippen LogP contribution in [0.4, 0.5) is 5.69 Å². The van der Waals surface area contributed by atoms with Gasteiger partial charge in [0, 0.05) is 30.8 Å². The minimum atomic E-state index is 0.119. The molecular weight excluding hydrogens is 236 g/mol. The number of para-hydroxylation sites is 1. The summed E-state index contributed by atoms with van der Waals surface area (Å²) in [6.45, 7) is 8.59. The molecule has 0 aliphatic carbocycles. The van der Waals surface area contributed by atoms with Crippen LogP contribution in [0.5, 0.6) is 0 Å². The fourth-order valence-corrected chi connectivity index (χ4v) is 1.85. The molecule has 3 heteroatoms. The predicted molar refractivity (Wildman–Crippen MR) is 78.9 cm³/mol. The van der Waals surface area contributed by atoms with E-state index in [0.29, 0.717) is 13.0 Å². The van der Waals surface area contributed by atoms with Gasteiger partial charge in [0.25, 0.3) is 0 Å². The molecule has 0 aliphatic rings. The third-order valence-electron chi connectivity index (χ3n) is 3.15. The lowest BCUT2D eigenvalue weighted by molar-refractivity contribution is 0.134. The van der Waals surface area contributed by atoms with E-state index >= 15 is 0 Å². The Bertz CT molecular complexity index is 421. The lowest BCUT2D eigenvalue weighted by atomic mass is 9.88. The largest absolute Gasteiger partial charge is 0.384 e. The summed E-state index contributed by atoms with van der Waals surface area (Å²) < 4.78 is 5.47. The predicted octanol–water partition coefficient (Wildman–Crippen LogP) is 3.96. The molecule has 104 valence electrons. The maximum atomic E-state index is 8.67. The molecule has 1 N–H and O–H groups in total. The number of nitrogens with one attached hydrogen (secondary N) is 1. The van der Waals surface area contributed by atoms with Crippen LogP contribution in [0, 0.1) is 16.7 Å². The number of nitriles is 1. The topological polar surface area (TPSA) is 45.0 Å². The molecule has 0 radical (unpaired) electrons. The van der Waals surface area contributed by atoms with E-state index in [2.05, 4.69) is 37.4 Å². The van der Waals surface area contributed by atoms with Gasteiger partial charge >= 0.3 is 0 Å². The van der Waals surface area contributed by atoms with Gasteiger partial charge in [0.05, 0.1) is 12.7 Å². The molecule has 0 atom stereocenters. The Hall–Kier alpha value is -1.53. The first kappa shape index (κ1) is 15.5. The zero-order valence-corrected chi connectivity index (χ0v) is 12.2. The van der Waals surface area contributed by atoms with Crippen LogP contribution in [-0.4, -0.2) is 13.2 Å². The fraction of sp³-hybridized carbons (Fsp3) is 0.562. The van der Waals surface area contributed by atoms with Gasteiger partial charge in [-0.25, -0.2) is 0 Å². The highest BCUT2D eigenvalue weighted by atomic mass is 16.5. The Balaban J connectivity index is 2.59. The molecular formula is C16H24N2O. The Morgan fingerprint density at radius 2 is 2.05 bits per heavy atom. The first-order valence-electron chi connectivity index (χ1n) is 6.85. The first-order valence-corrected chi connectivity index (χ1v) is 6.85. The number of ether oxygens (including phenoxy) is 1. The van der Waals surface area contributed by atoms with Gasteiger partial charge in [0.2, 0.25) is 0 Å². The first-order chi connectivity index (χ1) is 9.09. The van der Waals surface area contributed by atoms with Crippen LogP contribution >= 0.6 is 0 Å². The number of anilines is 1. The van der Waals surface area contributed by atoms with Crippen molar-refractivity contribution in [2.45, 2.75) is 40.2 Å². The van der Waals surface area contributed by atoms with E-state index in [-0.39, 0.29) is 5.41 Å². The van der Waals surface area contributed by atoms with Gasteiger partial charge in [-0.3, -0.25) is 0 Å². The molecule has 3 nitrogen and oxygen atoms in total. The van der Waals surface area contributed by atoms with Gasteiger partial charge in [0.1, 0.15) is 0 Å². The average molecular weight is 260 g/mol. The molecule has 0 heterocycles. The molecule has 0 saturated carbocycles. The van der Waals surface area contributed by atoms with E-state index in [9.17, 15) is 0 Å². The van der Waals surface area contributed by atoms with Crippen LogP contribution in [0.15, 0.2) is 24.3 Å². The van der Waals surface area contributed by atoms with Gasteiger partial charge in [-0.05, 0) is 24.8 Å². The van der Waals surface area contributed by atoms with Crippen molar-refractivity contribution in [2.75, 3.05) is 18.5 Å². The third-order valence-corrected chi connectivity index (χ3v) is 3.15. The molecule has 1 aromatic carbocycles. The highest BCUT2D eigenvalue weighted by Gasteiger charge is 2.17. The van der Waals surface area contributed by atoms with Crippen LogP contribution in [0.1, 0.15) is 39.2 Å². The normalized spacial score (nSPS) is 11.1. The van der Waals surface area contributed by atoms with Crippen LogP contribution < -0.4 is 5.32 Å². The van der Waals surface area contributed by atoms with Crippen molar-refractivity contribution in [3.05, 3.63) is 29.8 Å². The summed E-state index contributed by atoms with van der Waals surface area (Å²) in [6, 6.07) is 10.4. The minimum absolute atomic E-state index is 0.119. The second kappa shape index (κ2) is 7.81. The van der Waals surface area contributed by atoms with Gasteiger partial charge in [-0.1, -0.05) is 32.0 Å². The number of rotatable bonds is 8. The van der Waals surface area contributed by atoms with E-state index in [1.165, 1.54) is 5.56 Å². The lowest BCUT2D eigenvalue weighted by Crippen LogP contribution is -2.23. The molecule has 0 saturated heterocycles. The standard InChI is InChI=1S/C16H24N2O/c1-4-19-12-14-8-5-6-9-15(14)18-13-16(2,3)10-7-11-17/h5-6,8-9,18H,4,7,10,12-13H2,1-3H3. The Morgan fingerprint density at radius 1 is 1.32 bits per heavy atom. The Labute approximate surface area is 116 Å². The van der Waals surface area contributed by atoms with Gasteiger partial charge in [0.15, 0.2) is 0 Å². The van der Waals surface area contributed by atoms with Crippen molar-refractivity contribution in [3.8, 4) is 6.07 Å². The summed E-state index contributed by atoms with van der Waals surface area (Å²) in [7, 11) is 0. The van der Waals surface area contributed by atoms with Crippen molar-refractivity contribution in [3.63, 3.8) is 0 Å². The smallest absolute Gasteiger partial charge is 0.0736 e. The minimum Gasteiger partial charge on any atom is -0.384 e. The van der Waals surface area contributed by atoms with Gasteiger partial charge in [-0.2, -0.15) is 5.26 Å². The van der Waals surface area contributed by atoms with Crippen LogP contribution in [0.2, 0.25) is 0 Å². The summed E-state index contributed by atoms with van der Waals surface area (Å²) in [5.41, 5.74) is 2.43. The lowest BCUT2D eigenvalue weighted by Gasteiger charge is -2.25. The molecule has 0 aliphatic heterocycles. The summed E-state index contributed by atoms with van der Waals surface area (Å²) in [6.07, 6.45) is 1.51. The quantitative estimate of drug-likeness (QED) is 0.769. The van der Waals surface area contributed by atoms with E-state index < -0.39 is 0 Å². The number of benzene rings is 1. The third kappa shape index (κ3) is 5.76. The van der Waals surface area contributed by atoms with Crippen LogP contribution in [0.3, 0.4) is 0 Å². The molecule has 19 heavy (non-hydrogen) atoms. The van der Waals surface area contributed by atoms with Crippen LogP contribution in [0.25, 0.3) is 0 Å². The van der Waals surface area contributed by atoms with E-state index in [1.54, 1.807) is 0 Å². The summed E-state index contributed by atoms with van der Waals surface area (Å²) >= 11 is 0. The summed E-state index contributed by atoms with van der Waals surface area (Å²) in [5, 5.41) is 12.2. The van der Waals surface area contributed by atoms with Crippen molar-refractivity contribution >= 4 is 5.69 Å². The average Bonchev–Trinajstić information content (AvgIpc) is 2.41. The number of hydrogen-bond donors (Lipinski definition) is 1. The highest BCUT2D eigenvalue weighted by molar-refractivity contribution is 5.50. The number of nitrogens with zero attached hydrogens (tertiary/aromatic N) is 1. The van der Waals surface area contributed by atoms with E-state index in [0.717, 1.165) is 25.3 Å². The van der Waals surface area contributed by atoms with Crippen molar-refractivity contribution in [1.29, 1.82) is 5.26 Å². The monoisotopic (exact) mass is 260 g/mol. The molecule has 0 aromatic heterocycles. The molecule has 0 fully saturated rings. The van der Waals surface area contributed by atoms with Crippen molar-refractivity contribution < 1.29 is 4.74 Å². The van der Waals surface area contributed by atoms with Gasteiger partial charge < -0.3 is 10.1 Å². The van der Waals surface area contributed by atoms with E-state index in [1.807, 2.05) is 19.1 Å². The SMILES string of the molecule is CCOCc1ccccc1NCC(C)(C)CCC#N. The second-order valence-electron chi connectivity index (χ2n) is 5.47. The van der Waals surface area contributed by atoms with Crippen molar-refractivity contribution in [2.24, 2.45) is 5.41 Å². The summed E-state index contributed by atoms with van der Waals surface area (Å²) in [5.74, 6) is 0. The molecule has 0 bridgehead atoms. The second-order valence-corrected chi connectivity index (χ2v) is 5.47. The Kier molecular flexibility index (Phi) is 6.38. The van der Waals surface area contributed by atoms with Crippen molar-refractivity contribution in [1.82, 2.24) is 0 Å². The fourth-order valence-electron chi connectivity index (χ4n) is 1.85. The maximum absolute atomic E-state index is 8.67. The zero-order valence-electron chi connectivity index (χ0n) is 12.2. The van der Waals surface area contributed by atoms with Crippen LogP contribution in [-0.2, 0) is 11.3 Å². The summed E-state index contributed by atoms with van der Waals surface area (Å²) in [4.78, 5) is 0. The molecule has 0 unspecified atom stereocenters. The van der Waals surface area contributed by atoms with E-state index in [4.69, 9.17) is 10.00 Å².